The quantitative estimate of drug-likeness (QED) is 0.301. The second-order valence-corrected chi connectivity index (χ2v) is 9.30. The smallest absolute Gasteiger partial charge is 0.243 e. The van der Waals surface area contributed by atoms with Crippen LogP contribution in [-0.4, -0.2) is 72.1 Å². The Morgan fingerprint density at radius 1 is 1.05 bits per heavy atom. The highest BCUT2D eigenvalue weighted by molar-refractivity contribution is 5.68. The Morgan fingerprint density at radius 2 is 1.90 bits per heavy atom. The van der Waals surface area contributed by atoms with Crippen molar-refractivity contribution in [3.8, 4) is 28.6 Å². The zero-order chi connectivity index (χ0) is 27.5. The van der Waals surface area contributed by atoms with Gasteiger partial charge in [-0.3, -0.25) is 14.6 Å². The molecule has 1 aliphatic heterocycles. The van der Waals surface area contributed by atoms with Crippen LogP contribution in [0.4, 0.5) is 16.3 Å². The molecule has 1 aromatic carbocycles. The average molecular weight is 540 g/mol. The van der Waals surface area contributed by atoms with Gasteiger partial charge in [-0.15, -0.1) is 5.10 Å². The molecule has 3 N–H and O–H groups in total. The fourth-order valence-corrected chi connectivity index (χ4v) is 4.54. The number of nitrogens with one attached hydrogen (secondary N) is 1. The minimum atomic E-state index is -0.660. The number of ether oxygens (including phenoxy) is 1. The number of hydrogen-bond acceptors (Lipinski definition) is 10. The molecule has 0 atom stereocenters. The average Bonchev–Trinajstić information content (AvgIpc) is 3.63. The number of nitrogens with zero attached hydrogens (tertiary/aromatic N) is 9. The summed E-state index contributed by atoms with van der Waals surface area (Å²) in [6.07, 6.45) is 3.83. The van der Waals surface area contributed by atoms with E-state index in [0.29, 0.717) is 18.1 Å². The number of benzene rings is 1. The van der Waals surface area contributed by atoms with E-state index in [1.165, 1.54) is 16.6 Å². The Balaban J connectivity index is 1.14. The molecule has 40 heavy (non-hydrogen) atoms. The van der Waals surface area contributed by atoms with Crippen LogP contribution in [0.25, 0.3) is 28.2 Å². The molecule has 1 aliphatic rings. The van der Waals surface area contributed by atoms with E-state index in [1.54, 1.807) is 12.1 Å². The Bertz CT molecular complexity index is 1700. The monoisotopic (exact) mass is 539 g/mol. The van der Waals surface area contributed by atoms with Crippen LogP contribution in [0, 0.1) is 17.1 Å². The van der Waals surface area contributed by atoms with Gasteiger partial charge in [-0.05, 0) is 24.3 Å². The number of rotatable bonds is 8. The van der Waals surface area contributed by atoms with Gasteiger partial charge < -0.3 is 15.8 Å². The summed E-state index contributed by atoms with van der Waals surface area (Å²) in [6.45, 7) is 5.56. The van der Waals surface area contributed by atoms with E-state index in [-0.39, 0.29) is 22.8 Å². The van der Waals surface area contributed by atoms with Gasteiger partial charge in [0.25, 0.3) is 0 Å². The molecule has 1 saturated heterocycles. The fourth-order valence-electron chi connectivity index (χ4n) is 4.54. The molecule has 0 unspecified atom stereocenters. The van der Waals surface area contributed by atoms with E-state index in [4.69, 9.17) is 20.7 Å². The molecule has 13 heteroatoms. The topological polar surface area (TPSA) is 148 Å². The molecular weight excluding hydrogens is 513 g/mol. The third kappa shape index (κ3) is 5.31. The maximum atomic E-state index is 14.7. The van der Waals surface area contributed by atoms with Crippen molar-refractivity contribution in [1.82, 2.24) is 39.2 Å². The van der Waals surface area contributed by atoms with Crippen molar-refractivity contribution < 1.29 is 9.13 Å². The highest BCUT2D eigenvalue weighted by atomic mass is 19.1. The summed E-state index contributed by atoms with van der Waals surface area (Å²) in [5.74, 6) is -0.298. The van der Waals surface area contributed by atoms with Gasteiger partial charge in [0, 0.05) is 43.0 Å². The molecule has 12 nitrogen and oxygen atoms in total. The molecular formula is C27H26FN11O. The molecule has 0 aliphatic carbocycles. The third-order valence-electron chi connectivity index (χ3n) is 6.66. The third-order valence-corrected chi connectivity index (χ3v) is 6.66. The van der Waals surface area contributed by atoms with E-state index in [2.05, 4.69) is 30.4 Å². The molecule has 0 amide bonds. The van der Waals surface area contributed by atoms with E-state index in [9.17, 15) is 4.39 Å². The van der Waals surface area contributed by atoms with Gasteiger partial charge in [0.15, 0.2) is 5.65 Å². The summed E-state index contributed by atoms with van der Waals surface area (Å²) in [4.78, 5) is 15.9. The molecule has 0 spiro atoms. The number of anilines is 2. The van der Waals surface area contributed by atoms with Crippen LogP contribution in [0.2, 0.25) is 0 Å². The van der Waals surface area contributed by atoms with Crippen molar-refractivity contribution in [3.05, 3.63) is 71.9 Å². The van der Waals surface area contributed by atoms with Gasteiger partial charge in [0.1, 0.15) is 11.9 Å². The van der Waals surface area contributed by atoms with Crippen molar-refractivity contribution in [2.75, 3.05) is 43.9 Å². The van der Waals surface area contributed by atoms with E-state index >= 15 is 0 Å². The zero-order valence-corrected chi connectivity index (χ0v) is 21.5. The maximum absolute atomic E-state index is 14.7. The predicted molar refractivity (Wildman–Crippen MR) is 145 cm³/mol. The van der Waals surface area contributed by atoms with Crippen molar-refractivity contribution in [1.29, 1.82) is 5.26 Å². The van der Waals surface area contributed by atoms with Crippen LogP contribution >= 0.6 is 0 Å². The number of nitrogens with two attached hydrogens (primary N) is 1. The van der Waals surface area contributed by atoms with Gasteiger partial charge in [-0.25, -0.2) is 9.37 Å². The second kappa shape index (κ2) is 11.0. The molecule has 6 rings (SSSR count). The van der Waals surface area contributed by atoms with Gasteiger partial charge in [-0.2, -0.15) is 19.9 Å². The predicted octanol–water partition coefficient (Wildman–Crippen LogP) is 2.59. The number of fused-ring (bicyclic) bond motifs is 1. The van der Waals surface area contributed by atoms with Crippen molar-refractivity contribution in [2.45, 2.75) is 13.1 Å². The Hall–Kier alpha value is -4.93. The molecule has 0 saturated carbocycles. The summed E-state index contributed by atoms with van der Waals surface area (Å²) in [7, 11) is 0. The first-order valence-corrected chi connectivity index (χ1v) is 12.8. The van der Waals surface area contributed by atoms with Crippen molar-refractivity contribution in [3.63, 3.8) is 0 Å². The second-order valence-electron chi connectivity index (χ2n) is 9.30. The van der Waals surface area contributed by atoms with Crippen LogP contribution in [0.5, 0.6) is 0 Å². The molecule has 0 bridgehead atoms. The Morgan fingerprint density at radius 3 is 2.75 bits per heavy atom. The molecule has 0 radical (unpaired) electrons. The normalized spacial score (nSPS) is 13.9. The van der Waals surface area contributed by atoms with Gasteiger partial charge in [0.05, 0.1) is 55.1 Å². The van der Waals surface area contributed by atoms with Gasteiger partial charge in [-0.1, -0.05) is 12.1 Å². The van der Waals surface area contributed by atoms with Crippen LogP contribution in [-0.2, 0) is 17.8 Å². The number of aromatic nitrogens is 7. The Kier molecular flexibility index (Phi) is 7.00. The molecule has 4 aromatic heterocycles. The first kappa shape index (κ1) is 25.4. The lowest BCUT2D eigenvalue weighted by Crippen LogP contribution is -2.38. The van der Waals surface area contributed by atoms with E-state index in [1.807, 2.05) is 41.3 Å². The summed E-state index contributed by atoms with van der Waals surface area (Å²) >= 11 is 0. The fraction of sp³-hybridized carbons (Fsp3) is 0.259. The highest BCUT2D eigenvalue weighted by Crippen LogP contribution is 2.25. The minimum Gasteiger partial charge on any atom is -0.379 e. The highest BCUT2D eigenvalue weighted by Gasteiger charge is 2.16. The SMILES string of the molecule is N#Cc1cccc(-c2cc3nc(NCc4cccc(-c5cnn(CCN6CCOCC6)c5)n4)nn3c(N)n2)c1F. The van der Waals surface area contributed by atoms with Crippen LogP contribution in [0.3, 0.4) is 0 Å². The first-order valence-electron chi connectivity index (χ1n) is 12.8. The zero-order valence-electron chi connectivity index (χ0n) is 21.5. The summed E-state index contributed by atoms with van der Waals surface area (Å²) in [6, 6.07) is 13.7. The van der Waals surface area contributed by atoms with Crippen LogP contribution in [0.1, 0.15) is 11.3 Å². The molecule has 5 aromatic rings. The summed E-state index contributed by atoms with van der Waals surface area (Å²) in [5, 5.41) is 21.2. The van der Waals surface area contributed by atoms with Crippen LogP contribution in [0.15, 0.2) is 54.9 Å². The standard InChI is InChI=1S/C27H26FN11O/c28-25-18(14-29)3-1-5-21(25)23-13-24-35-27(36-39(24)26(30)34-23)31-16-20-4-2-6-22(33-20)19-15-32-38(17-19)8-7-37-9-11-40-12-10-37/h1-6,13,15,17H,7-12,16H2,(H2,30,34)(H,31,36). The minimum absolute atomic E-state index is 0.0422. The van der Waals surface area contributed by atoms with Crippen molar-refractivity contribution >= 4 is 17.5 Å². The summed E-state index contributed by atoms with van der Waals surface area (Å²) in [5.41, 5.74) is 9.38. The number of pyridine rings is 1. The number of hydrogen-bond donors (Lipinski definition) is 2. The van der Waals surface area contributed by atoms with Gasteiger partial charge in [0.2, 0.25) is 11.9 Å². The summed E-state index contributed by atoms with van der Waals surface area (Å²) < 4.78 is 23.4. The Labute approximate surface area is 228 Å². The van der Waals surface area contributed by atoms with E-state index in [0.717, 1.165) is 56.3 Å². The number of morpholine rings is 1. The van der Waals surface area contributed by atoms with Crippen molar-refractivity contribution in [2.24, 2.45) is 0 Å². The van der Waals surface area contributed by atoms with E-state index < -0.39 is 5.82 Å². The first-order chi connectivity index (χ1) is 19.6. The molecule has 1 fully saturated rings. The van der Waals surface area contributed by atoms with Gasteiger partial charge >= 0.3 is 0 Å². The lowest BCUT2D eigenvalue weighted by Gasteiger charge is -2.26. The largest absolute Gasteiger partial charge is 0.379 e. The lowest BCUT2D eigenvalue weighted by atomic mass is 10.1. The number of nitrogen functional groups attached to an aromatic ring is 1. The number of halogens is 1. The molecule has 5 heterocycles. The maximum Gasteiger partial charge on any atom is 0.243 e. The van der Waals surface area contributed by atoms with Crippen LogP contribution < -0.4 is 11.1 Å². The lowest BCUT2D eigenvalue weighted by molar-refractivity contribution is 0.0360. The number of nitriles is 1. The molecule has 202 valence electrons.